The van der Waals surface area contributed by atoms with E-state index in [0.717, 1.165) is 11.6 Å². The van der Waals surface area contributed by atoms with Gasteiger partial charge in [0, 0.05) is 30.9 Å². The Kier molecular flexibility index (Phi) is 5.00. The van der Waals surface area contributed by atoms with Crippen LogP contribution in [0.2, 0.25) is 0 Å². The van der Waals surface area contributed by atoms with Gasteiger partial charge >= 0.3 is 6.18 Å². The molecule has 4 aromatic rings. The van der Waals surface area contributed by atoms with Crippen molar-refractivity contribution in [2.24, 2.45) is 7.05 Å². The molecule has 0 bridgehead atoms. The van der Waals surface area contributed by atoms with Crippen LogP contribution >= 0.6 is 0 Å². The molecule has 1 N–H and O–H groups in total. The molecule has 31 heavy (non-hydrogen) atoms. The molecule has 0 aliphatic carbocycles. The molecule has 10 heteroatoms. The predicted molar refractivity (Wildman–Crippen MR) is 109 cm³/mol. The number of nitrogens with zero attached hydrogens (tertiary/aromatic N) is 5. The van der Waals surface area contributed by atoms with E-state index in [0.29, 0.717) is 16.0 Å². The van der Waals surface area contributed by atoms with Gasteiger partial charge in [0.25, 0.3) is 5.91 Å². The molecule has 1 amide bonds. The van der Waals surface area contributed by atoms with Crippen molar-refractivity contribution in [3.8, 4) is 11.3 Å². The lowest BCUT2D eigenvalue weighted by Crippen LogP contribution is -2.16. The first-order valence-electron chi connectivity index (χ1n) is 9.51. The lowest BCUT2D eigenvalue weighted by molar-refractivity contribution is -0.142. The SMILES string of the molecule is CC(C)c1ccc(-c2cc(C(F)(F)F)n3nc(C(=O)Nc4ccn(C)n4)cc3n2)cc1. The zero-order chi connectivity index (χ0) is 22.3. The Morgan fingerprint density at radius 2 is 1.77 bits per heavy atom. The Labute approximate surface area is 175 Å². The first-order chi connectivity index (χ1) is 14.6. The maximum Gasteiger partial charge on any atom is 0.433 e. The molecule has 0 fully saturated rings. The second-order valence-electron chi connectivity index (χ2n) is 7.43. The molecular weight excluding hydrogens is 409 g/mol. The van der Waals surface area contributed by atoms with Gasteiger partial charge in [-0.25, -0.2) is 9.50 Å². The molecule has 0 aliphatic rings. The van der Waals surface area contributed by atoms with E-state index in [1.807, 2.05) is 26.0 Å². The summed E-state index contributed by atoms with van der Waals surface area (Å²) in [5.74, 6) is -0.120. The molecule has 0 spiro atoms. The van der Waals surface area contributed by atoms with E-state index in [2.05, 4.69) is 20.5 Å². The molecule has 0 unspecified atom stereocenters. The van der Waals surface area contributed by atoms with Crippen molar-refractivity contribution >= 4 is 17.4 Å². The second-order valence-corrected chi connectivity index (χ2v) is 7.43. The number of alkyl halides is 3. The Hall–Kier alpha value is -3.69. The van der Waals surface area contributed by atoms with Crippen LogP contribution in [-0.2, 0) is 13.2 Å². The number of amides is 1. The number of hydrogen-bond acceptors (Lipinski definition) is 4. The van der Waals surface area contributed by atoms with Gasteiger partial charge in [0.05, 0.1) is 5.69 Å². The summed E-state index contributed by atoms with van der Waals surface area (Å²) in [6.45, 7) is 4.07. The van der Waals surface area contributed by atoms with Crippen molar-refractivity contribution in [3.05, 3.63) is 65.6 Å². The van der Waals surface area contributed by atoms with Gasteiger partial charge in [0.15, 0.2) is 22.9 Å². The maximum absolute atomic E-state index is 13.7. The smallest absolute Gasteiger partial charge is 0.304 e. The minimum absolute atomic E-state index is 0.0797. The van der Waals surface area contributed by atoms with Crippen LogP contribution in [-0.4, -0.2) is 30.3 Å². The minimum Gasteiger partial charge on any atom is -0.304 e. The van der Waals surface area contributed by atoms with Crippen LogP contribution < -0.4 is 5.32 Å². The summed E-state index contributed by atoms with van der Waals surface area (Å²) in [4.78, 5) is 16.8. The van der Waals surface area contributed by atoms with Gasteiger partial charge in [0.2, 0.25) is 0 Å². The van der Waals surface area contributed by atoms with E-state index < -0.39 is 17.8 Å². The highest BCUT2D eigenvalue weighted by Gasteiger charge is 2.35. The third-order valence-electron chi connectivity index (χ3n) is 4.78. The first kappa shape index (κ1) is 20.6. The lowest BCUT2D eigenvalue weighted by Gasteiger charge is -2.11. The summed E-state index contributed by atoms with van der Waals surface area (Å²) in [6, 6.07) is 10.9. The number of carbonyl (C=O) groups excluding carboxylic acids is 1. The van der Waals surface area contributed by atoms with Crippen molar-refractivity contribution in [2.75, 3.05) is 5.32 Å². The Balaban J connectivity index is 1.77. The quantitative estimate of drug-likeness (QED) is 0.518. The highest BCUT2D eigenvalue weighted by Crippen LogP contribution is 2.32. The second kappa shape index (κ2) is 7.53. The molecule has 0 aliphatic heterocycles. The maximum atomic E-state index is 13.7. The number of halogens is 3. The van der Waals surface area contributed by atoms with Gasteiger partial charge in [-0.3, -0.25) is 9.48 Å². The summed E-state index contributed by atoms with van der Waals surface area (Å²) in [5.41, 5.74) is 0.459. The predicted octanol–water partition coefficient (Wildman–Crippen LogP) is 4.52. The third kappa shape index (κ3) is 4.14. The van der Waals surface area contributed by atoms with Crippen molar-refractivity contribution in [2.45, 2.75) is 25.9 Å². The number of fused-ring (bicyclic) bond motifs is 1. The van der Waals surface area contributed by atoms with E-state index in [9.17, 15) is 18.0 Å². The normalized spacial score (nSPS) is 12.0. The highest BCUT2D eigenvalue weighted by molar-refractivity contribution is 6.03. The van der Waals surface area contributed by atoms with Gasteiger partial charge in [-0.05, 0) is 17.5 Å². The van der Waals surface area contributed by atoms with Crippen molar-refractivity contribution in [1.29, 1.82) is 0 Å². The summed E-state index contributed by atoms with van der Waals surface area (Å²) < 4.78 is 43.3. The van der Waals surface area contributed by atoms with E-state index >= 15 is 0 Å². The van der Waals surface area contributed by atoms with E-state index in [-0.39, 0.29) is 22.9 Å². The van der Waals surface area contributed by atoms with E-state index in [1.54, 1.807) is 31.4 Å². The molecule has 3 heterocycles. The minimum atomic E-state index is -4.69. The summed E-state index contributed by atoms with van der Waals surface area (Å²) in [7, 11) is 1.68. The Morgan fingerprint density at radius 1 is 1.06 bits per heavy atom. The average Bonchev–Trinajstić information content (AvgIpc) is 3.32. The number of anilines is 1. The molecule has 0 radical (unpaired) electrons. The molecule has 0 atom stereocenters. The molecular formula is C21H19F3N6O. The van der Waals surface area contributed by atoms with Gasteiger partial charge in [0.1, 0.15) is 0 Å². The van der Waals surface area contributed by atoms with Crippen molar-refractivity contribution in [1.82, 2.24) is 24.4 Å². The Morgan fingerprint density at radius 3 is 2.35 bits per heavy atom. The van der Waals surface area contributed by atoms with Crippen LogP contribution in [0.3, 0.4) is 0 Å². The summed E-state index contributed by atoms with van der Waals surface area (Å²) in [6.07, 6.45) is -3.06. The fourth-order valence-corrected chi connectivity index (χ4v) is 3.14. The largest absolute Gasteiger partial charge is 0.433 e. The lowest BCUT2D eigenvalue weighted by atomic mass is 10.0. The topological polar surface area (TPSA) is 77.1 Å². The third-order valence-corrected chi connectivity index (χ3v) is 4.78. The standard InChI is InChI=1S/C21H19F3N6O/c1-12(2)13-4-6-14(7-5-13)15-10-17(21(22,23)24)30-19(25-15)11-16(27-30)20(31)26-18-8-9-29(3)28-18/h4-12H,1-3H3,(H,26,28,31). The van der Waals surface area contributed by atoms with Crippen LogP contribution in [0.15, 0.2) is 48.7 Å². The van der Waals surface area contributed by atoms with E-state index in [1.165, 1.54) is 10.7 Å². The molecule has 0 saturated heterocycles. The number of carbonyl (C=O) groups is 1. The van der Waals surface area contributed by atoms with Crippen LogP contribution in [0, 0.1) is 0 Å². The zero-order valence-electron chi connectivity index (χ0n) is 17.0. The summed E-state index contributed by atoms with van der Waals surface area (Å²) >= 11 is 0. The van der Waals surface area contributed by atoms with Crippen molar-refractivity contribution < 1.29 is 18.0 Å². The fourth-order valence-electron chi connectivity index (χ4n) is 3.14. The first-order valence-corrected chi connectivity index (χ1v) is 9.51. The van der Waals surface area contributed by atoms with Crippen LogP contribution in [0.5, 0.6) is 0 Å². The Bertz CT molecular complexity index is 1250. The molecule has 3 aromatic heterocycles. The number of hydrogen-bond donors (Lipinski definition) is 1. The number of nitrogens with one attached hydrogen (secondary N) is 1. The highest BCUT2D eigenvalue weighted by atomic mass is 19.4. The van der Waals surface area contributed by atoms with Gasteiger partial charge in [-0.2, -0.15) is 23.4 Å². The molecule has 7 nitrogen and oxygen atoms in total. The van der Waals surface area contributed by atoms with Crippen LogP contribution in [0.4, 0.5) is 19.0 Å². The number of benzene rings is 1. The van der Waals surface area contributed by atoms with Gasteiger partial charge in [-0.15, -0.1) is 0 Å². The van der Waals surface area contributed by atoms with Crippen LogP contribution in [0.25, 0.3) is 16.9 Å². The molecule has 4 rings (SSSR count). The zero-order valence-corrected chi connectivity index (χ0v) is 17.0. The van der Waals surface area contributed by atoms with Gasteiger partial charge < -0.3 is 5.32 Å². The monoisotopic (exact) mass is 428 g/mol. The average molecular weight is 428 g/mol. The molecule has 1 aromatic carbocycles. The number of rotatable bonds is 4. The van der Waals surface area contributed by atoms with E-state index in [4.69, 9.17) is 0 Å². The number of aromatic nitrogens is 5. The molecule has 160 valence electrons. The van der Waals surface area contributed by atoms with Crippen molar-refractivity contribution in [3.63, 3.8) is 0 Å². The summed E-state index contributed by atoms with van der Waals surface area (Å²) in [5, 5.41) is 10.4. The van der Waals surface area contributed by atoms with Gasteiger partial charge in [-0.1, -0.05) is 38.1 Å². The van der Waals surface area contributed by atoms with Crippen LogP contribution in [0.1, 0.15) is 41.5 Å². The molecule has 0 saturated carbocycles. The fraction of sp³-hybridized carbons (Fsp3) is 0.238. The number of aryl methyl sites for hydroxylation is 1.